The van der Waals surface area contributed by atoms with Gasteiger partial charge in [0, 0.05) is 39.6 Å². The smallest absolute Gasteiger partial charge is 0.323 e. The van der Waals surface area contributed by atoms with E-state index in [0.717, 1.165) is 57.4 Å². The van der Waals surface area contributed by atoms with Gasteiger partial charge in [-0.2, -0.15) is 9.97 Å². The van der Waals surface area contributed by atoms with Crippen molar-refractivity contribution >= 4 is 17.0 Å². The van der Waals surface area contributed by atoms with Crippen LogP contribution in [0.25, 0.3) is 0 Å². The lowest BCUT2D eigenvalue weighted by Crippen LogP contribution is -2.36. The third-order valence-electron chi connectivity index (χ3n) is 6.41. The van der Waals surface area contributed by atoms with Crippen LogP contribution < -0.4 is 13.8 Å². The first-order valence-corrected chi connectivity index (χ1v) is 12.8. The molecule has 1 unspecified atom stereocenters. The van der Waals surface area contributed by atoms with Crippen LogP contribution in [-0.2, 0) is 17.7 Å². The largest absolute Gasteiger partial charge is 0.460 e. The van der Waals surface area contributed by atoms with Gasteiger partial charge in [-0.05, 0) is 57.5 Å². The number of nitrogens with zero attached hydrogens (tertiary/aromatic N) is 6. The van der Waals surface area contributed by atoms with Crippen molar-refractivity contribution in [3.8, 4) is 12.0 Å². The van der Waals surface area contributed by atoms with Crippen LogP contribution in [-0.4, -0.2) is 93.0 Å². The monoisotopic (exact) mass is 490 g/mol. The summed E-state index contributed by atoms with van der Waals surface area (Å²) in [5.74, 6) is 0.577. The van der Waals surface area contributed by atoms with Crippen molar-refractivity contribution in [1.29, 1.82) is 0 Å². The molecule has 11 heteroatoms. The second-order valence-electron chi connectivity index (χ2n) is 9.13. The Morgan fingerprint density at radius 3 is 1.82 bits per heavy atom. The second kappa shape index (κ2) is 11.4. The molecule has 0 amide bonds. The number of piperidine rings is 2. The van der Waals surface area contributed by atoms with Gasteiger partial charge in [0.05, 0.1) is 5.69 Å². The minimum Gasteiger partial charge on any atom is -0.460 e. The molecule has 34 heavy (non-hydrogen) atoms. The van der Waals surface area contributed by atoms with E-state index in [2.05, 4.69) is 38.8 Å². The van der Waals surface area contributed by atoms with Crippen molar-refractivity contribution < 1.29 is 18.2 Å². The summed E-state index contributed by atoms with van der Waals surface area (Å²) in [6, 6.07) is 8.03. The van der Waals surface area contributed by atoms with Crippen molar-refractivity contribution in [2.45, 2.75) is 44.3 Å². The van der Waals surface area contributed by atoms with Gasteiger partial charge in [-0.15, -0.1) is 4.98 Å². The van der Waals surface area contributed by atoms with Gasteiger partial charge in [-0.3, -0.25) is 8.86 Å². The van der Waals surface area contributed by atoms with Gasteiger partial charge in [0.2, 0.25) is 0 Å². The molecule has 0 saturated carbocycles. The highest BCUT2D eigenvalue weighted by molar-refractivity contribution is 7.80. The molecule has 1 aromatic heterocycles. The van der Waals surface area contributed by atoms with Gasteiger partial charge in [0.15, 0.2) is 0 Å². The van der Waals surface area contributed by atoms with E-state index < -0.39 is 11.3 Å². The molecule has 2 aliphatic heterocycles. The van der Waals surface area contributed by atoms with E-state index in [4.69, 9.17) is 9.47 Å². The van der Waals surface area contributed by atoms with Crippen LogP contribution in [0.3, 0.4) is 0 Å². The van der Waals surface area contributed by atoms with Gasteiger partial charge in [0.1, 0.15) is 18.0 Å². The Morgan fingerprint density at radius 1 is 0.912 bits per heavy atom. The number of ether oxygens (including phenoxy) is 2. The van der Waals surface area contributed by atoms with Crippen LogP contribution in [0.4, 0.5) is 5.69 Å². The Labute approximate surface area is 203 Å². The summed E-state index contributed by atoms with van der Waals surface area (Å²) in [7, 11) is 5.80. The van der Waals surface area contributed by atoms with Crippen LogP contribution >= 0.6 is 0 Å². The van der Waals surface area contributed by atoms with Crippen molar-refractivity contribution in [3.63, 3.8) is 0 Å². The van der Waals surface area contributed by atoms with E-state index in [1.54, 1.807) is 19.2 Å². The Kier molecular flexibility index (Phi) is 8.30. The number of benzene rings is 1. The number of rotatable bonds is 8. The molecule has 186 valence electrons. The molecule has 0 aliphatic carbocycles. The average molecular weight is 491 g/mol. The molecule has 0 spiro atoms. The number of hydrogen-bond donors (Lipinski definition) is 1. The predicted octanol–water partition coefficient (Wildman–Crippen LogP) is 1.98. The molecule has 2 saturated heterocycles. The standard InChI is InChI=1S/C23H34N6O4S/c1-27-12-8-19(9-13-27)32-22-24-21(16-17-4-6-18(7-5-17)29(3)34(30)31)25-23(26-22)33-20-10-14-28(2)15-11-20/h4-7,19-20H,8-16H2,1-3H3,(H,30,31). The summed E-state index contributed by atoms with van der Waals surface area (Å²) in [5, 5.41) is 0. The van der Waals surface area contributed by atoms with Gasteiger partial charge in [-0.25, -0.2) is 4.21 Å². The molecule has 2 fully saturated rings. The molecule has 1 aromatic carbocycles. The summed E-state index contributed by atoms with van der Waals surface area (Å²) in [4.78, 5) is 18.3. The van der Waals surface area contributed by atoms with Gasteiger partial charge < -0.3 is 19.3 Å². The number of likely N-dealkylation sites (tertiary alicyclic amines) is 2. The van der Waals surface area contributed by atoms with Gasteiger partial charge in [0.25, 0.3) is 11.3 Å². The fourth-order valence-corrected chi connectivity index (χ4v) is 4.46. The minimum absolute atomic E-state index is 0.0804. The van der Waals surface area contributed by atoms with Crippen LogP contribution in [0.2, 0.25) is 0 Å². The highest BCUT2D eigenvalue weighted by atomic mass is 32.2. The van der Waals surface area contributed by atoms with E-state index >= 15 is 0 Å². The van der Waals surface area contributed by atoms with E-state index in [1.165, 1.54) is 4.31 Å². The number of aromatic nitrogens is 3. The SMILES string of the molecule is CN1CCC(Oc2nc(Cc3ccc(N(C)S(=O)O)cc3)nc(OC3CCN(C)CC3)n2)CC1. The first-order valence-electron chi connectivity index (χ1n) is 11.7. The maximum absolute atomic E-state index is 11.3. The van der Waals surface area contributed by atoms with Crippen LogP contribution in [0.1, 0.15) is 37.1 Å². The molecule has 1 atom stereocenters. The van der Waals surface area contributed by atoms with E-state index in [1.807, 2.05) is 12.1 Å². The summed E-state index contributed by atoms with van der Waals surface area (Å²) < 4.78 is 34.2. The highest BCUT2D eigenvalue weighted by Gasteiger charge is 2.23. The summed E-state index contributed by atoms with van der Waals surface area (Å²) in [5.41, 5.74) is 1.63. The first-order chi connectivity index (χ1) is 16.4. The Bertz CT molecular complexity index is 920. The quantitative estimate of drug-likeness (QED) is 0.556. The van der Waals surface area contributed by atoms with Crippen LogP contribution in [0.15, 0.2) is 24.3 Å². The molecule has 2 aromatic rings. The lowest BCUT2D eigenvalue weighted by atomic mass is 10.1. The molecule has 0 bridgehead atoms. The third kappa shape index (κ3) is 6.84. The third-order valence-corrected chi connectivity index (χ3v) is 7.09. The highest BCUT2D eigenvalue weighted by Crippen LogP contribution is 2.22. The molecule has 10 nitrogen and oxygen atoms in total. The number of anilines is 1. The molecule has 1 N–H and O–H groups in total. The molecule has 0 radical (unpaired) electrons. The Balaban J connectivity index is 1.50. The summed E-state index contributed by atoms with van der Waals surface area (Å²) in [6.07, 6.45) is 4.37. The lowest BCUT2D eigenvalue weighted by Gasteiger charge is -2.29. The zero-order chi connectivity index (χ0) is 24.1. The average Bonchev–Trinajstić information content (AvgIpc) is 2.82. The molecule has 4 rings (SSSR count). The molecule has 3 heterocycles. The molecular weight excluding hydrogens is 456 g/mol. The maximum atomic E-state index is 11.3. The normalized spacial score (nSPS) is 19.6. The fraction of sp³-hybridized carbons (Fsp3) is 0.609. The van der Waals surface area contributed by atoms with Gasteiger partial charge in [-0.1, -0.05) is 12.1 Å². The maximum Gasteiger partial charge on any atom is 0.323 e. The number of hydrogen-bond acceptors (Lipinski definition) is 8. The van der Waals surface area contributed by atoms with Crippen molar-refractivity contribution in [3.05, 3.63) is 35.7 Å². The fourth-order valence-electron chi connectivity index (χ4n) is 4.16. The van der Waals surface area contributed by atoms with E-state index in [0.29, 0.717) is 30.0 Å². The summed E-state index contributed by atoms with van der Waals surface area (Å²) in [6.45, 7) is 3.95. The van der Waals surface area contributed by atoms with Crippen LogP contribution in [0.5, 0.6) is 12.0 Å². The Hall–Kier alpha value is -2.34. The Morgan fingerprint density at radius 2 is 1.38 bits per heavy atom. The summed E-state index contributed by atoms with van der Waals surface area (Å²) >= 11 is -2.06. The minimum atomic E-state index is -2.06. The van der Waals surface area contributed by atoms with Crippen molar-refractivity contribution in [2.75, 3.05) is 51.6 Å². The first kappa shape index (κ1) is 24.8. The predicted molar refractivity (Wildman–Crippen MR) is 131 cm³/mol. The lowest BCUT2D eigenvalue weighted by molar-refractivity contribution is 0.0915. The van der Waals surface area contributed by atoms with E-state index in [9.17, 15) is 8.76 Å². The molecular formula is C23H34N6O4S. The van der Waals surface area contributed by atoms with E-state index in [-0.39, 0.29) is 12.2 Å². The van der Waals surface area contributed by atoms with Crippen molar-refractivity contribution in [2.24, 2.45) is 0 Å². The van der Waals surface area contributed by atoms with Crippen molar-refractivity contribution in [1.82, 2.24) is 24.8 Å². The second-order valence-corrected chi connectivity index (χ2v) is 10.1. The molecule has 2 aliphatic rings. The zero-order valence-corrected chi connectivity index (χ0v) is 20.9. The zero-order valence-electron chi connectivity index (χ0n) is 20.1. The van der Waals surface area contributed by atoms with Crippen LogP contribution in [0, 0.1) is 0 Å². The topological polar surface area (TPSA) is 104 Å². The van der Waals surface area contributed by atoms with Gasteiger partial charge >= 0.3 is 12.0 Å².